The molecule has 1 saturated carbocycles. The van der Waals surface area contributed by atoms with Crippen molar-refractivity contribution in [3.63, 3.8) is 0 Å². The van der Waals surface area contributed by atoms with Crippen molar-refractivity contribution in [1.29, 1.82) is 0 Å². The Kier molecular flexibility index (Phi) is 4.79. The van der Waals surface area contributed by atoms with Crippen LogP contribution in [0.15, 0.2) is 12.4 Å². The van der Waals surface area contributed by atoms with E-state index in [-0.39, 0.29) is 0 Å². The molecule has 0 spiro atoms. The summed E-state index contributed by atoms with van der Waals surface area (Å²) in [7, 11) is 0. The summed E-state index contributed by atoms with van der Waals surface area (Å²) < 4.78 is 0. The van der Waals surface area contributed by atoms with E-state index in [9.17, 15) is 0 Å². The van der Waals surface area contributed by atoms with Crippen molar-refractivity contribution in [2.75, 3.05) is 29.9 Å². The second-order valence-corrected chi connectivity index (χ2v) is 5.08. The van der Waals surface area contributed by atoms with Crippen molar-refractivity contribution >= 4 is 11.6 Å². The second kappa shape index (κ2) is 6.57. The van der Waals surface area contributed by atoms with Crippen LogP contribution >= 0.6 is 0 Å². The van der Waals surface area contributed by atoms with Crippen LogP contribution in [-0.2, 0) is 0 Å². The maximum Gasteiger partial charge on any atom is 0.134 e. The normalized spacial score (nSPS) is 14.6. The lowest BCUT2D eigenvalue weighted by Crippen LogP contribution is -2.27. The van der Waals surface area contributed by atoms with Gasteiger partial charge in [0.15, 0.2) is 0 Å². The van der Waals surface area contributed by atoms with Crippen molar-refractivity contribution in [3.05, 3.63) is 12.4 Å². The lowest BCUT2D eigenvalue weighted by Gasteiger charge is -2.23. The fraction of sp³-hybridized carbons (Fsp3) is 0.714. The number of nitrogens with one attached hydrogen (secondary N) is 1. The lowest BCUT2D eigenvalue weighted by atomic mass is 10.3. The van der Waals surface area contributed by atoms with E-state index in [0.717, 1.165) is 50.0 Å². The predicted octanol–water partition coefficient (Wildman–Crippen LogP) is 2.92. The van der Waals surface area contributed by atoms with Crippen molar-refractivity contribution in [3.8, 4) is 0 Å². The molecule has 4 nitrogen and oxygen atoms in total. The van der Waals surface area contributed by atoms with Gasteiger partial charge in [0.2, 0.25) is 0 Å². The van der Waals surface area contributed by atoms with E-state index >= 15 is 0 Å². The molecule has 1 aliphatic rings. The zero-order chi connectivity index (χ0) is 12.8. The van der Waals surface area contributed by atoms with Crippen molar-refractivity contribution in [2.45, 2.75) is 39.5 Å². The van der Waals surface area contributed by atoms with Gasteiger partial charge in [-0.3, -0.25) is 0 Å². The van der Waals surface area contributed by atoms with Gasteiger partial charge < -0.3 is 10.2 Å². The molecule has 18 heavy (non-hydrogen) atoms. The van der Waals surface area contributed by atoms with Gasteiger partial charge in [-0.2, -0.15) is 0 Å². The van der Waals surface area contributed by atoms with E-state index in [1.165, 1.54) is 12.8 Å². The molecule has 100 valence electrons. The van der Waals surface area contributed by atoms with Gasteiger partial charge in [-0.05, 0) is 31.6 Å². The van der Waals surface area contributed by atoms with Crippen LogP contribution in [0.3, 0.4) is 0 Å². The van der Waals surface area contributed by atoms with Crippen LogP contribution in [0.5, 0.6) is 0 Å². The first-order valence-corrected chi connectivity index (χ1v) is 7.14. The summed E-state index contributed by atoms with van der Waals surface area (Å²) in [5, 5.41) is 3.32. The standard InChI is InChI=1S/C14H24N4/c1-3-7-15-13-9-14(17-11-16-13)18(8-4-2)10-12-5-6-12/h9,11-12H,3-8,10H2,1-2H3,(H,15,16,17). The van der Waals surface area contributed by atoms with Gasteiger partial charge in [-0.15, -0.1) is 0 Å². The molecule has 1 N–H and O–H groups in total. The van der Waals surface area contributed by atoms with E-state index < -0.39 is 0 Å². The molecule has 0 saturated heterocycles. The molecule has 0 aromatic carbocycles. The fourth-order valence-electron chi connectivity index (χ4n) is 2.05. The average Bonchev–Trinajstić information content (AvgIpc) is 3.20. The second-order valence-electron chi connectivity index (χ2n) is 5.08. The Morgan fingerprint density at radius 2 is 2.11 bits per heavy atom. The summed E-state index contributed by atoms with van der Waals surface area (Å²) in [6.45, 7) is 7.58. The molecule has 1 fully saturated rings. The Morgan fingerprint density at radius 1 is 1.28 bits per heavy atom. The van der Waals surface area contributed by atoms with E-state index in [1.807, 2.05) is 0 Å². The van der Waals surface area contributed by atoms with Crippen molar-refractivity contribution < 1.29 is 0 Å². The number of hydrogen-bond acceptors (Lipinski definition) is 4. The third-order valence-electron chi connectivity index (χ3n) is 3.20. The molecule has 1 aliphatic carbocycles. The fourth-order valence-corrected chi connectivity index (χ4v) is 2.05. The maximum atomic E-state index is 4.42. The van der Waals surface area contributed by atoms with E-state index in [2.05, 4.69) is 40.1 Å². The Bertz CT molecular complexity index is 363. The summed E-state index contributed by atoms with van der Waals surface area (Å²) in [6.07, 6.45) is 6.70. The molecule has 1 heterocycles. The number of nitrogens with zero attached hydrogens (tertiary/aromatic N) is 3. The highest BCUT2D eigenvalue weighted by molar-refractivity contribution is 5.48. The van der Waals surface area contributed by atoms with E-state index in [0.29, 0.717) is 0 Å². The summed E-state index contributed by atoms with van der Waals surface area (Å²) >= 11 is 0. The monoisotopic (exact) mass is 248 g/mol. The van der Waals surface area contributed by atoms with E-state index in [1.54, 1.807) is 6.33 Å². The molecule has 0 bridgehead atoms. The largest absolute Gasteiger partial charge is 0.370 e. The summed E-state index contributed by atoms with van der Waals surface area (Å²) in [5.74, 6) is 2.90. The molecule has 2 rings (SSSR count). The summed E-state index contributed by atoms with van der Waals surface area (Å²) in [4.78, 5) is 11.1. The third kappa shape index (κ3) is 3.86. The van der Waals surface area contributed by atoms with Gasteiger partial charge in [0.1, 0.15) is 18.0 Å². The summed E-state index contributed by atoms with van der Waals surface area (Å²) in [6, 6.07) is 2.08. The molecule has 0 amide bonds. The molecule has 4 heteroatoms. The summed E-state index contributed by atoms with van der Waals surface area (Å²) in [5.41, 5.74) is 0. The van der Waals surface area contributed by atoms with Crippen LogP contribution < -0.4 is 10.2 Å². The van der Waals surface area contributed by atoms with Crippen LogP contribution in [0, 0.1) is 5.92 Å². The quantitative estimate of drug-likeness (QED) is 0.768. The molecule has 0 atom stereocenters. The Labute approximate surface area is 110 Å². The Hall–Kier alpha value is -1.32. The highest BCUT2D eigenvalue weighted by atomic mass is 15.2. The Balaban J connectivity index is 2.02. The smallest absolute Gasteiger partial charge is 0.134 e. The van der Waals surface area contributed by atoms with Crippen LogP contribution in [-0.4, -0.2) is 29.6 Å². The first-order chi connectivity index (χ1) is 8.83. The molecule has 0 radical (unpaired) electrons. The molecular weight excluding hydrogens is 224 g/mol. The zero-order valence-electron chi connectivity index (χ0n) is 11.5. The third-order valence-corrected chi connectivity index (χ3v) is 3.20. The first-order valence-electron chi connectivity index (χ1n) is 7.14. The molecule has 0 aliphatic heterocycles. The SMILES string of the molecule is CCCNc1cc(N(CCC)CC2CC2)ncn1. The van der Waals surface area contributed by atoms with Gasteiger partial charge in [0.25, 0.3) is 0 Å². The van der Waals surface area contributed by atoms with Gasteiger partial charge >= 0.3 is 0 Å². The molecular formula is C14H24N4. The topological polar surface area (TPSA) is 41.0 Å². The highest BCUT2D eigenvalue weighted by Crippen LogP contribution is 2.31. The lowest BCUT2D eigenvalue weighted by molar-refractivity contribution is 0.698. The minimum absolute atomic E-state index is 0.888. The van der Waals surface area contributed by atoms with Crippen LogP contribution in [0.25, 0.3) is 0 Å². The minimum Gasteiger partial charge on any atom is -0.370 e. The minimum atomic E-state index is 0.888. The van der Waals surface area contributed by atoms with Crippen molar-refractivity contribution in [1.82, 2.24) is 9.97 Å². The number of hydrogen-bond donors (Lipinski definition) is 1. The predicted molar refractivity (Wildman–Crippen MR) is 76.0 cm³/mol. The zero-order valence-corrected chi connectivity index (χ0v) is 11.5. The molecule has 0 unspecified atom stereocenters. The van der Waals surface area contributed by atoms with Gasteiger partial charge in [0, 0.05) is 25.7 Å². The average molecular weight is 248 g/mol. The first kappa shape index (κ1) is 13.1. The highest BCUT2D eigenvalue weighted by Gasteiger charge is 2.24. The van der Waals surface area contributed by atoms with Gasteiger partial charge in [-0.25, -0.2) is 9.97 Å². The van der Waals surface area contributed by atoms with Crippen LogP contribution in [0.4, 0.5) is 11.6 Å². The van der Waals surface area contributed by atoms with Crippen molar-refractivity contribution in [2.24, 2.45) is 5.92 Å². The molecule has 1 aromatic heterocycles. The molecule has 1 aromatic rings. The van der Waals surface area contributed by atoms with Crippen LogP contribution in [0.2, 0.25) is 0 Å². The number of rotatable bonds is 8. The number of aromatic nitrogens is 2. The van der Waals surface area contributed by atoms with Gasteiger partial charge in [-0.1, -0.05) is 13.8 Å². The Morgan fingerprint density at radius 3 is 2.78 bits per heavy atom. The number of anilines is 2. The van der Waals surface area contributed by atoms with Crippen LogP contribution in [0.1, 0.15) is 39.5 Å². The van der Waals surface area contributed by atoms with E-state index in [4.69, 9.17) is 0 Å². The van der Waals surface area contributed by atoms with Gasteiger partial charge in [0.05, 0.1) is 0 Å². The maximum absolute atomic E-state index is 4.42.